The minimum atomic E-state index is -0.577. The maximum atomic E-state index is 13.4. The topological polar surface area (TPSA) is 93.2 Å². The average molecular weight is 458 g/mol. The fourth-order valence-corrected chi connectivity index (χ4v) is 5.10. The summed E-state index contributed by atoms with van der Waals surface area (Å²) in [5.74, 6) is 0.575. The molecule has 0 saturated heterocycles. The van der Waals surface area contributed by atoms with Gasteiger partial charge in [0.05, 0.1) is 19.2 Å². The molecule has 0 saturated carbocycles. The molecule has 0 fully saturated rings. The largest absolute Gasteiger partial charge is 0.497 e. The number of methoxy groups -OCH3 is 1. The van der Waals surface area contributed by atoms with Crippen LogP contribution >= 0.6 is 0 Å². The lowest BCUT2D eigenvalue weighted by molar-refractivity contribution is -0.118. The summed E-state index contributed by atoms with van der Waals surface area (Å²) in [6.07, 6.45) is 1.05. The van der Waals surface area contributed by atoms with E-state index in [4.69, 9.17) is 4.74 Å². The van der Waals surface area contributed by atoms with Gasteiger partial charge in [0.15, 0.2) is 5.78 Å². The number of rotatable bonds is 4. The number of allylic oxidation sites excluding steroid dienone is 2. The number of carbonyl (C=O) groups excluding carboxylic acids is 1. The number of aromatic amines is 1. The van der Waals surface area contributed by atoms with Crippen molar-refractivity contribution in [2.45, 2.75) is 39.2 Å². The van der Waals surface area contributed by atoms with Gasteiger partial charge in [-0.25, -0.2) is 4.79 Å². The second-order valence-corrected chi connectivity index (χ2v) is 9.76. The number of Topliss-reactive ketones (excluding diaryl/α,β-unsaturated/α-hetero) is 1. The number of carbonyl (C=O) groups is 1. The van der Waals surface area contributed by atoms with Gasteiger partial charge >= 0.3 is 5.69 Å². The molecule has 174 valence electrons. The molecule has 2 aliphatic rings. The summed E-state index contributed by atoms with van der Waals surface area (Å²) >= 11 is 0. The molecule has 0 spiro atoms. The van der Waals surface area contributed by atoms with Crippen molar-refractivity contribution in [1.82, 2.24) is 9.55 Å². The van der Waals surface area contributed by atoms with E-state index in [9.17, 15) is 14.4 Å². The normalized spacial score (nSPS) is 18.7. The highest BCUT2D eigenvalue weighted by molar-refractivity contribution is 6.01. The first kappa shape index (κ1) is 21.9. The SMILES string of the molecule is COc1ccc([C@@H]2C3=C(CC(C)(C)CC3=O)Nc3c2c(=O)[nH]c(=O)n3Cc2ccccc2)cc1. The molecular formula is C27H27N3O4. The van der Waals surface area contributed by atoms with Crippen molar-refractivity contribution in [1.29, 1.82) is 0 Å². The van der Waals surface area contributed by atoms with Crippen LogP contribution in [0.4, 0.5) is 5.82 Å². The van der Waals surface area contributed by atoms with Crippen molar-refractivity contribution >= 4 is 11.6 Å². The van der Waals surface area contributed by atoms with Crippen LogP contribution in [-0.4, -0.2) is 22.4 Å². The Bertz CT molecular complexity index is 1410. The lowest BCUT2D eigenvalue weighted by Crippen LogP contribution is -2.42. The van der Waals surface area contributed by atoms with Crippen LogP contribution in [0.25, 0.3) is 0 Å². The van der Waals surface area contributed by atoms with Crippen molar-refractivity contribution in [3.05, 3.63) is 103 Å². The summed E-state index contributed by atoms with van der Waals surface area (Å²) in [5, 5.41) is 3.35. The van der Waals surface area contributed by atoms with E-state index >= 15 is 0 Å². The molecule has 0 amide bonds. The monoisotopic (exact) mass is 457 g/mol. The third-order valence-corrected chi connectivity index (χ3v) is 6.63. The second-order valence-electron chi connectivity index (χ2n) is 9.76. The molecule has 5 rings (SSSR count). The molecule has 1 atom stereocenters. The van der Waals surface area contributed by atoms with E-state index < -0.39 is 17.2 Å². The predicted molar refractivity (Wildman–Crippen MR) is 130 cm³/mol. The number of hydrogen-bond acceptors (Lipinski definition) is 5. The summed E-state index contributed by atoms with van der Waals surface area (Å²) < 4.78 is 6.86. The number of hydrogen-bond donors (Lipinski definition) is 2. The molecule has 1 aromatic heterocycles. The van der Waals surface area contributed by atoms with Crippen molar-refractivity contribution in [3.8, 4) is 5.75 Å². The van der Waals surface area contributed by atoms with Gasteiger partial charge in [-0.05, 0) is 35.1 Å². The molecule has 0 unspecified atom stereocenters. The van der Waals surface area contributed by atoms with E-state index in [0.717, 1.165) is 16.8 Å². The second kappa shape index (κ2) is 8.17. The van der Waals surface area contributed by atoms with Crippen LogP contribution in [0.15, 0.2) is 75.5 Å². The number of benzene rings is 2. The average Bonchev–Trinajstić information content (AvgIpc) is 2.80. The summed E-state index contributed by atoms with van der Waals surface area (Å²) in [6, 6.07) is 17.0. The Balaban J connectivity index is 1.75. The molecule has 3 aromatic rings. The zero-order valence-electron chi connectivity index (χ0n) is 19.5. The van der Waals surface area contributed by atoms with Crippen molar-refractivity contribution in [2.24, 2.45) is 5.41 Å². The standard InChI is InChI=1S/C27H27N3O4/c1-27(2)13-19-22(20(31)14-27)21(17-9-11-18(34-3)12-10-17)23-24(28-19)30(26(33)29-25(23)32)15-16-7-5-4-6-8-16/h4-12,21,28H,13-15H2,1-3H3,(H,29,32,33)/t21-/m1/s1. The molecule has 7 heteroatoms. The Morgan fingerprint density at radius 3 is 2.38 bits per heavy atom. The quantitative estimate of drug-likeness (QED) is 0.622. The molecule has 0 radical (unpaired) electrons. The molecule has 2 N–H and O–H groups in total. The zero-order valence-corrected chi connectivity index (χ0v) is 19.5. The number of ketones is 1. The zero-order chi connectivity index (χ0) is 24.0. The molecule has 34 heavy (non-hydrogen) atoms. The maximum absolute atomic E-state index is 13.4. The number of nitrogens with zero attached hydrogens (tertiary/aromatic N) is 1. The number of nitrogens with one attached hydrogen (secondary N) is 2. The molecule has 2 aromatic carbocycles. The van der Waals surface area contributed by atoms with Gasteiger partial charge < -0.3 is 10.1 Å². The Morgan fingerprint density at radius 1 is 1.00 bits per heavy atom. The highest BCUT2D eigenvalue weighted by atomic mass is 16.5. The fraction of sp³-hybridized carbons (Fsp3) is 0.296. The van der Waals surface area contributed by atoms with Crippen LogP contribution in [0.3, 0.4) is 0 Å². The van der Waals surface area contributed by atoms with E-state index in [1.807, 2.05) is 54.6 Å². The summed E-state index contributed by atoms with van der Waals surface area (Å²) in [7, 11) is 1.59. The van der Waals surface area contributed by atoms with Gasteiger partial charge in [0.2, 0.25) is 0 Å². The third kappa shape index (κ3) is 3.77. The van der Waals surface area contributed by atoms with Gasteiger partial charge in [0.1, 0.15) is 11.6 Å². The maximum Gasteiger partial charge on any atom is 0.330 e. The highest BCUT2D eigenvalue weighted by Crippen LogP contribution is 2.47. The van der Waals surface area contributed by atoms with E-state index in [-0.39, 0.29) is 11.2 Å². The van der Waals surface area contributed by atoms with Gasteiger partial charge in [-0.3, -0.25) is 19.1 Å². The number of aromatic nitrogens is 2. The number of H-pyrrole nitrogens is 1. The number of anilines is 1. The molecule has 1 aliphatic heterocycles. The summed E-state index contributed by atoms with van der Waals surface area (Å²) in [5.41, 5.74) is 2.31. The lowest BCUT2D eigenvalue weighted by atomic mass is 9.69. The van der Waals surface area contributed by atoms with E-state index in [1.165, 1.54) is 0 Å². The number of fused-ring (bicyclic) bond motifs is 1. The van der Waals surface area contributed by atoms with Crippen LogP contribution in [-0.2, 0) is 11.3 Å². The third-order valence-electron chi connectivity index (χ3n) is 6.63. The van der Waals surface area contributed by atoms with Crippen LogP contribution in [0.2, 0.25) is 0 Å². The minimum absolute atomic E-state index is 0.0189. The Hall–Kier alpha value is -3.87. The van der Waals surface area contributed by atoms with Gasteiger partial charge in [-0.1, -0.05) is 56.3 Å². The first-order valence-corrected chi connectivity index (χ1v) is 11.4. The van der Waals surface area contributed by atoms with Gasteiger partial charge in [0.25, 0.3) is 5.56 Å². The number of ether oxygens (including phenoxy) is 1. The Morgan fingerprint density at radius 2 is 1.71 bits per heavy atom. The van der Waals surface area contributed by atoms with E-state index in [2.05, 4.69) is 24.1 Å². The molecule has 7 nitrogen and oxygen atoms in total. The first-order chi connectivity index (χ1) is 16.3. The van der Waals surface area contributed by atoms with Crippen LogP contribution < -0.4 is 21.3 Å². The lowest BCUT2D eigenvalue weighted by Gasteiger charge is -2.39. The minimum Gasteiger partial charge on any atom is -0.497 e. The smallest absolute Gasteiger partial charge is 0.330 e. The molecule has 2 heterocycles. The van der Waals surface area contributed by atoms with Crippen molar-refractivity contribution < 1.29 is 9.53 Å². The summed E-state index contributed by atoms with van der Waals surface area (Å²) in [6.45, 7) is 4.41. The first-order valence-electron chi connectivity index (χ1n) is 11.4. The predicted octanol–water partition coefficient (Wildman–Crippen LogP) is 3.79. The van der Waals surface area contributed by atoms with Crippen LogP contribution in [0, 0.1) is 5.41 Å². The molecule has 0 bridgehead atoms. The Labute approximate surface area is 197 Å². The molecular weight excluding hydrogens is 430 g/mol. The van der Waals surface area contributed by atoms with Crippen molar-refractivity contribution in [3.63, 3.8) is 0 Å². The van der Waals surface area contributed by atoms with Crippen LogP contribution in [0.1, 0.15) is 49.3 Å². The Kier molecular flexibility index (Phi) is 5.27. The summed E-state index contributed by atoms with van der Waals surface area (Å²) in [4.78, 5) is 42.1. The van der Waals surface area contributed by atoms with Crippen LogP contribution in [0.5, 0.6) is 5.75 Å². The highest BCUT2D eigenvalue weighted by Gasteiger charge is 2.42. The fourth-order valence-electron chi connectivity index (χ4n) is 5.10. The van der Waals surface area contributed by atoms with E-state index in [1.54, 1.807) is 11.7 Å². The molecule has 1 aliphatic carbocycles. The van der Waals surface area contributed by atoms with Gasteiger partial charge in [-0.2, -0.15) is 0 Å². The van der Waals surface area contributed by atoms with E-state index in [0.29, 0.717) is 42.1 Å². The van der Waals surface area contributed by atoms with Crippen molar-refractivity contribution in [2.75, 3.05) is 12.4 Å². The van der Waals surface area contributed by atoms with Gasteiger partial charge in [0, 0.05) is 23.6 Å². The van der Waals surface area contributed by atoms with Gasteiger partial charge in [-0.15, -0.1) is 0 Å².